The van der Waals surface area contributed by atoms with Gasteiger partial charge in [-0.2, -0.15) is 0 Å². The molecule has 7 rings (SSSR count). The smallest absolute Gasteiger partial charge is 0.274 e. The predicted octanol–water partition coefficient (Wildman–Crippen LogP) is 3.65. The highest BCUT2D eigenvalue weighted by Gasteiger charge is 2.46. The van der Waals surface area contributed by atoms with Gasteiger partial charge in [0, 0.05) is 31.6 Å². The molecule has 3 N–H and O–H groups in total. The van der Waals surface area contributed by atoms with E-state index in [0.717, 1.165) is 55.9 Å². The topological polar surface area (TPSA) is 128 Å². The molecule has 39 heavy (non-hydrogen) atoms. The standard InChI is InChI=1S/C28H33N5O5S/c34-10-12-39(36,37)31-21-1-2-22(24(15-21)32-8-6-28(4-5-28)7-9-32)30-27(35)23-14-18-3-11-38-25(18)26(29-23)33-16-19-13-20(19)17-33/h1-3,11,14-15,19-20,31,34H,4-10,12-13,16-17H2,(H,30,35). The van der Waals surface area contributed by atoms with Crippen molar-refractivity contribution in [3.05, 3.63) is 42.3 Å². The fourth-order valence-electron chi connectivity index (χ4n) is 6.26. The molecule has 2 unspecified atom stereocenters. The van der Waals surface area contributed by atoms with Crippen LogP contribution in [0.3, 0.4) is 0 Å². The maximum absolute atomic E-state index is 13.6. The minimum absolute atomic E-state index is 0.314. The number of fused-ring (bicyclic) bond motifs is 2. The number of carbonyl (C=O) groups excluding carboxylic acids is 1. The molecular weight excluding hydrogens is 518 g/mol. The summed E-state index contributed by atoms with van der Waals surface area (Å²) in [5, 5.41) is 13.0. The minimum atomic E-state index is -3.68. The predicted molar refractivity (Wildman–Crippen MR) is 150 cm³/mol. The van der Waals surface area contributed by atoms with Gasteiger partial charge in [0.25, 0.3) is 5.91 Å². The van der Waals surface area contributed by atoms with E-state index >= 15 is 0 Å². The Morgan fingerprint density at radius 3 is 2.56 bits per heavy atom. The van der Waals surface area contributed by atoms with Crippen LogP contribution in [0.5, 0.6) is 0 Å². The van der Waals surface area contributed by atoms with Gasteiger partial charge in [-0.1, -0.05) is 0 Å². The third-order valence-electron chi connectivity index (χ3n) is 8.93. The summed E-state index contributed by atoms with van der Waals surface area (Å²) in [6.07, 6.45) is 7.61. The highest BCUT2D eigenvalue weighted by atomic mass is 32.2. The van der Waals surface area contributed by atoms with Gasteiger partial charge in [0.1, 0.15) is 5.69 Å². The number of anilines is 4. The number of carbonyl (C=O) groups is 1. The van der Waals surface area contributed by atoms with Crippen LogP contribution in [0.4, 0.5) is 22.9 Å². The Morgan fingerprint density at radius 1 is 1.08 bits per heavy atom. The second-order valence-electron chi connectivity index (χ2n) is 11.6. The van der Waals surface area contributed by atoms with Crippen molar-refractivity contribution in [3.8, 4) is 0 Å². The Balaban J connectivity index is 1.18. The number of hydrogen-bond acceptors (Lipinski definition) is 8. The molecule has 2 aliphatic heterocycles. The normalized spacial score (nSPS) is 23.2. The van der Waals surface area contributed by atoms with Gasteiger partial charge in [0.15, 0.2) is 11.4 Å². The number of nitrogens with zero attached hydrogens (tertiary/aromatic N) is 3. The number of rotatable bonds is 8. The zero-order valence-corrected chi connectivity index (χ0v) is 22.5. The van der Waals surface area contributed by atoms with Gasteiger partial charge >= 0.3 is 0 Å². The number of hydrogen-bond donors (Lipinski definition) is 3. The number of amides is 1. The van der Waals surface area contributed by atoms with Crippen molar-refractivity contribution in [2.24, 2.45) is 17.3 Å². The molecule has 1 aromatic carbocycles. The fraction of sp³-hybridized carbons (Fsp3) is 0.500. The lowest BCUT2D eigenvalue weighted by atomic mass is 9.93. The zero-order valence-electron chi connectivity index (χ0n) is 21.7. The van der Waals surface area contributed by atoms with Gasteiger partial charge in [-0.3, -0.25) is 9.52 Å². The molecular formula is C28H33N5O5S. The van der Waals surface area contributed by atoms with E-state index in [2.05, 4.69) is 19.8 Å². The van der Waals surface area contributed by atoms with E-state index in [1.165, 1.54) is 19.3 Å². The molecule has 0 bridgehead atoms. The van der Waals surface area contributed by atoms with E-state index in [1.54, 1.807) is 30.5 Å². The molecule has 10 nitrogen and oxygen atoms in total. The van der Waals surface area contributed by atoms with Gasteiger partial charge in [-0.25, -0.2) is 13.4 Å². The molecule has 2 atom stereocenters. The van der Waals surface area contributed by atoms with Crippen molar-refractivity contribution in [3.63, 3.8) is 0 Å². The average molecular weight is 552 g/mol. The van der Waals surface area contributed by atoms with E-state index in [-0.39, 0.29) is 11.7 Å². The molecule has 2 aliphatic carbocycles. The van der Waals surface area contributed by atoms with Crippen molar-refractivity contribution in [2.45, 2.75) is 32.1 Å². The average Bonchev–Trinajstić information content (AvgIpc) is 3.73. The summed E-state index contributed by atoms with van der Waals surface area (Å²) in [4.78, 5) is 22.8. The molecule has 4 heterocycles. The number of benzene rings is 1. The highest BCUT2D eigenvalue weighted by molar-refractivity contribution is 7.92. The molecule has 206 valence electrons. The second kappa shape index (κ2) is 9.12. The Kier molecular flexibility index (Phi) is 5.78. The molecule has 4 fully saturated rings. The van der Waals surface area contributed by atoms with E-state index in [1.807, 2.05) is 6.07 Å². The van der Waals surface area contributed by atoms with Crippen molar-refractivity contribution >= 4 is 49.8 Å². The molecule has 2 aromatic heterocycles. The van der Waals surface area contributed by atoms with Gasteiger partial charge in [-0.15, -0.1) is 0 Å². The molecule has 3 aromatic rings. The lowest BCUT2D eigenvalue weighted by Crippen LogP contribution is -2.35. The third-order valence-corrected chi connectivity index (χ3v) is 10.2. The molecule has 1 amide bonds. The summed E-state index contributed by atoms with van der Waals surface area (Å²) in [6.45, 7) is 3.10. The summed E-state index contributed by atoms with van der Waals surface area (Å²) in [6, 6.07) is 8.74. The Hall–Kier alpha value is -3.31. The van der Waals surface area contributed by atoms with Crippen LogP contribution in [0.2, 0.25) is 0 Å². The summed E-state index contributed by atoms with van der Waals surface area (Å²) < 4.78 is 32.9. The monoisotopic (exact) mass is 551 g/mol. The maximum atomic E-state index is 13.6. The minimum Gasteiger partial charge on any atom is -0.460 e. The zero-order chi connectivity index (χ0) is 26.8. The quantitative estimate of drug-likeness (QED) is 0.387. The number of aliphatic hydroxyl groups excluding tert-OH is 1. The number of nitrogens with one attached hydrogen (secondary N) is 2. The Morgan fingerprint density at radius 2 is 1.85 bits per heavy atom. The van der Waals surface area contributed by atoms with Gasteiger partial charge in [0.05, 0.1) is 35.7 Å². The largest absolute Gasteiger partial charge is 0.460 e. The Bertz CT molecular complexity index is 1530. The summed E-state index contributed by atoms with van der Waals surface area (Å²) >= 11 is 0. The third kappa shape index (κ3) is 4.82. The van der Waals surface area contributed by atoms with E-state index in [4.69, 9.17) is 14.5 Å². The van der Waals surface area contributed by atoms with Crippen LogP contribution < -0.4 is 19.8 Å². The first-order valence-corrected chi connectivity index (χ1v) is 15.4. The van der Waals surface area contributed by atoms with Crippen molar-refractivity contribution in [2.75, 3.05) is 58.4 Å². The SMILES string of the molecule is O=C(Nc1ccc(NS(=O)(=O)CCO)cc1N1CCC2(CC1)CC2)c1cc2ccoc2c(N2CC3CC3C2)n1. The Labute approximate surface area is 227 Å². The summed E-state index contributed by atoms with van der Waals surface area (Å²) in [5.41, 5.74) is 3.26. The lowest BCUT2D eigenvalue weighted by molar-refractivity contribution is 0.102. The van der Waals surface area contributed by atoms with Crippen LogP contribution >= 0.6 is 0 Å². The van der Waals surface area contributed by atoms with E-state index in [9.17, 15) is 13.2 Å². The number of aliphatic hydroxyl groups is 1. The first-order valence-electron chi connectivity index (χ1n) is 13.8. The van der Waals surface area contributed by atoms with Crippen LogP contribution in [0.15, 0.2) is 41.0 Å². The molecule has 11 heteroatoms. The first-order chi connectivity index (χ1) is 18.8. The molecule has 4 aliphatic rings. The van der Waals surface area contributed by atoms with Crippen LogP contribution in [0, 0.1) is 17.3 Å². The second-order valence-corrected chi connectivity index (χ2v) is 13.5. The van der Waals surface area contributed by atoms with Crippen molar-refractivity contribution < 1.29 is 22.7 Å². The molecule has 1 spiro atoms. The van der Waals surface area contributed by atoms with E-state index in [0.29, 0.717) is 39.9 Å². The summed E-state index contributed by atoms with van der Waals surface area (Å²) in [7, 11) is -3.68. The van der Waals surface area contributed by atoms with Gasteiger partial charge < -0.3 is 24.6 Å². The molecule has 2 saturated heterocycles. The van der Waals surface area contributed by atoms with E-state index < -0.39 is 16.6 Å². The van der Waals surface area contributed by atoms with Crippen LogP contribution in [-0.4, -0.2) is 63.0 Å². The van der Waals surface area contributed by atoms with Gasteiger partial charge in [0.2, 0.25) is 10.0 Å². The number of piperidine rings is 2. The van der Waals surface area contributed by atoms with Crippen LogP contribution in [0.25, 0.3) is 11.0 Å². The maximum Gasteiger partial charge on any atom is 0.274 e. The fourth-order valence-corrected chi connectivity index (χ4v) is 7.09. The van der Waals surface area contributed by atoms with Crippen molar-refractivity contribution in [1.82, 2.24) is 4.98 Å². The summed E-state index contributed by atoms with van der Waals surface area (Å²) in [5.74, 6) is 1.44. The lowest BCUT2D eigenvalue weighted by Gasteiger charge is -2.35. The number of pyridine rings is 1. The highest BCUT2D eigenvalue weighted by Crippen LogP contribution is 2.54. The van der Waals surface area contributed by atoms with Crippen LogP contribution in [-0.2, 0) is 10.0 Å². The van der Waals surface area contributed by atoms with Crippen LogP contribution in [0.1, 0.15) is 42.6 Å². The van der Waals surface area contributed by atoms with Gasteiger partial charge in [-0.05, 0) is 79.7 Å². The van der Waals surface area contributed by atoms with Crippen molar-refractivity contribution in [1.29, 1.82) is 0 Å². The first kappa shape index (κ1) is 24.7. The molecule has 2 saturated carbocycles. The number of furan rings is 1. The number of aromatic nitrogens is 1. The molecule has 0 radical (unpaired) electrons. The number of sulfonamides is 1.